The molecule has 0 spiro atoms. The van der Waals surface area contributed by atoms with Crippen LogP contribution in [0, 0.1) is 0 Å². The smallest absolute Gasteiger partial charge is 0.0749 e. The van der Waals surface area contributed by atoms with Gasteiger partial charge in [0.05, 0.1) is 15.2 Å². The fourth-order valence-corrected chi connectivity index (χ4v) is 22.9. The predicted octanol–water partition coefficient (Wildman–Crippen LogP) is 6.05. The average Bonchev–Trinajstić information content (AvgIpc) is 2.37. The highest BCUT2D eigenvalue weighted by Crippen LogP contribution is 2.38. The maximum atomic E-state index is 4.30. The van der Waals surface area contributed by atoms with Gasteiger partial charge in [0.2, 0.25) is 0 Å². The molecule has 0 saturated carbocycles. The second-order valence-corrected chi connectivity index (χ2v) is 19.1. The van der Waals surface area contributed by atoms with Gasteiger partial charge in [-0.1, -0.05) is 77.6 Å². The highest BCUT2D eigenvalue weighted by Gasteiger charge is 2.48. The highest BCUT2D eigenvalue weighted by atomic mass is 29.3. The normalized spacial score (nSPS) is 12.4. The largest absolute Gasteiger partial charge is 0.107 e. The molecule has 0 aromatic carbocycles. The number of hydrogen-bond donors (Lipinski definition) is 0. The molecule has 0 unspecified atom stereocenters. The van der Waals surface area contributed by atoms with Gasteiger partial charge in [0.15, 0.2) is 0 Å². The fraction of sp³-hybridized carbons (Fsp3) is 0.750. The van der Waals surface area contributed by atoms with Gasteiger partial charge in [0.1, 0.15) is 0 Å². The van der Waals surface area contributed by atoms with E-state index in [1.54, 1.807) is 0 Å². The zero-order valence-corrected chi connectivity index (χ0v) is 15.2. The number of hydrogen-bond acceptors (Lipinski definition) is 0. The van der Waals surface area contributed by atoms with Crippen LogP contribution in [-0.2, 0) is 0 Å². The lowest BCUT2D eigenvalue weighted by atomic mass is 10.6. The first-order valence-corrected chi connectivity index (χ1v) is 13.9. The van der Waals surface area contributed by atoms with E-state index in [2.05, 4.69) is 52.3 Å². The number of rotatable bonds is 11. The summed E-state index contributed by atoms with van der Waals surface area (Å²) >= 11 is 0. The topological polar surface area (TPSA) is 0 Å². The molecule has 106 valence electrons. The monoisotopic (exact) mass is 282 g/mol. The fourth-order valence-electron chi connectivity index (χ4n) is 3.85. The molecule has 0 aromatic rings. The molecule has 18 heavy (non-hydrogen) atoms. The molecule has 0 N–H and O–H groups in total. The minimum absolute atomic E-state index is 1.31. The van der Waals surface area contributed by atoms with Crippen LogP contribution >= 0.6 is 0 Å². The Morgan fingerprint density at radius 2 is 0.833 bits per heavy atom. The van der Waals surface area contributed by atoms with Crippen LogP contribution in [0.25, 0.3) is 0 Å². The van der Waals surface area contributed by atoms with Crippen LogP contribution in [0.5, 0.6) is 0 Å². The minimum Gasteiger partial charge on any atom is -0.107 e. The Bertz CT molecular complexity index is 207. The standard InChI is InChI=1S/C16H34Si2/c1-7-13-17(11-5,14-8-2)18(12-6,15-9-3)16-10-4/h11-12H,5-10,13-16H2,1-4H3. The molecule has 0 atom stereocenters. The molecular formula is C16H34Si2. The molecule has 0 bridgehead atoms. The zero-order valence-electron chi connectivity index (χ0n) is 13.2. The van der Waals surface area contributed by atoms with Gasteiger partial charge in [-0.05, 0) is 0 Å². The minimum atomic E-state index is -1.31. The summed E-state index contributed by atoms with van der Waals surface area (Å²) in [6, 6.07) is 5.79. The summed E-state index contributed by atoms with van der Waals surface area (Å²) in [5.41, 5.74) is 4.92. The molecule has 0 aromatic heterocycles. The van der Waals surface area contributed by atoms with E-state index in [0.717, 1.165) is 0 Å². The molecule has 0 fully saturated rings. The Morgan fingerprint density at radius 1 is 0.611 bits per heavy atom. The molecule has 0 nitrogen and oxygen atoms in total. The molecule has 0 aliphatic rings. The van der Waals surface area contributed by atoms with Crippen LogP contribution in [0.2, 0.25) is 24.2 Å². The third kappa shape index (κ3) is 3.70. The second-order valence-electron chi connectivity index (χ2n) is 5.72. The lowest BCUT2D eigenvalue weighted by molar-refractivity contribution is 0.968. The van der Waals surface area contributed by atoms with Gasteiger partial charge in [-0.2, -0.15) is 0 Å². The van der Waals surface area contributed by atoms with Crippen molar-refractivity contribution in [3.63, 3.8) is 0 Å². The summed E-state index contributed by atoms with van der Waals surface area (Å²) in [5, 5.41) is 0. The summed E-state index contributed by atoms with van der Waals surface area (Å²) in [5.74, 6) is 0. The summed E-state index contributed by atoms with van der Waals surface area (Å²) in [7, 11) is -2.61. The van der Waals surface area contributed by atoms with Gasteiger partial charge in [-0.25, -0.2) is 0 Å². The summed E-state index contributed by atoms with van der Waals surface area (Å²) < 4.78 is 0. The van der Waals surface area contributed by atoms with E-state index in [1.807, 2.05) is 0 Å². The molecule has 0 aliphatic carbocycles. The molecular weight excluding hydrogens is 248 g/mol. The molecule has 0 rings (SSSR count). The first kappa shape index (κ1) is 17.9. The van der Waals surface area contributed by atoms with Crippen LogP contribution in [-0.4, -0.2) is 15.2 Å². The summed E-state index contributed by atoms with van der Waals surface area (Å²) in [6.45, 7) is 18.0. The van der Waals surface area contributed by atoms with Gasteiger partial charge in [0, 0.05) is 0 Å². The lowest BCUT2D eigenvalue weighted by Gasteiger charge is -2.45. The van der Waals surface area contributed by atoms with E-state index < -0.39 is 15.2 Å². The lowest BCUT2D eigenvalue weighted by Crippen LogP contribution is -2.60. The van der Waals surface area contributed by atoms with Crippen molar-refractivity contribution in [1.82, 2.24) is 0 Å². The van der Waals surface area contributed by atoms with Gasteiger partial charge in [0.25, 0.3) is 0 Å². The van der Waals surface area contributed by atoms with E-state index in [1.165, 1.54) is 49.9 Å². The summed E-state index contributed by atoms with van der Waals surface area (Å²) in [6.07, 6.45) is 5.31. The Hall–Kier alpha value is -0.0862. The van der Waals surface area contributed by atoms with Crippen LogP contribution in [0.15, 0.2) is 24.6 Å². The van der Waals surface area contributed by atoms with Gasteiger partial charge in [-0.15, -0.1) is 24.6 Å². The van der Waals surface area contributed by atoms with Crippen LogP contribution < -0.4 is 0 Å². The van der Waals surface area contributed by atoms with Crippen molar-refractivity contribution in [3.8, 4) is 0 Å². The molecule has 0 radical (unpaired) electrons. The predicted molar refractivity (Wildman–Crippen MR) is 92.3 cm³/mol. The average molecular weight is 283 g/mol. The van der Waals surface area contributed by atoms with E-state index in [-0.39, 0.29) is 0 Å². The molecule has 2 heteroatoms. The second kappa shape index (κ2) is 8.92. The molecule has 0 amide bonds. The third-order valence-electron chi connectivity index (χ3n) is 4.56. The van der Waals surface area contributed by atoms with Gasteiger partial charge < -0.3 is 0 Å². The SMILES string of the molecule is C=C[Si](CCC)(CCC)[Si](C=C)(CCC)CCC. The van der Waals surface area contributed by atoms with Crippen molar-refractivity contribution in [2.75, 3.05) is 0 Å². The van der Waals surface area contributed by atoms with Crippen molar-refractivity contribution in [2.45, 2.75) is 77.6 Å². The van der Waals surface area contributed by atoms with E-state index in [0.29, 0.717) is 0 Å². The molecule has 0 aliphatic heterocycles. The van der Waals surface area contributed by atoms with Crippen LogP contribution in [0.4, 0.5) is 0 Å². The van der Waals surface area contributed by atoms with E-state index in [9.17, 15) is 0 Å². The van der Waals surface area contributed by atoms with E-state index in [4.69, 9.17) is 0 Å². The van der Waals surface area contributed by atoms with Crippen molar-refractivity contribution in [1.29, 1.82) is 0 Å². The van der Waals surface area contributed by atoms with Crippen LogP contribution in [0.3, 0.4) is 0 Å². The first-order chi connectivity index (χ1) is 8.61. The molecule has 0 heterocycles. The maximum absolute atomic E-state index is 4.30. The third-order valence-corrected chi connectivity index (χ3v) is 23.8. The van der Waals surface area contributed by atoms with E-state index >= 15 is 0 Å². The Labute approximate surface area is 117 Å². The van der Waals surface area contributed by atoms with Gasteiger partial charge in [-0.3, -0.25) is 0 Å². The van der Waals surface area contributed by atoms with Gasteiger partial charge >= 0.3 is 0 Å². The van der Waals surface area contributed by atoms with Crippen molar-refractivity contribution >= 4 is 15.2 Å². The van der Waals surface area contributed by atoms with Crippen molar-refractivity contribution < 1.29 is 0 Å². The maximum Gasteiger partial charge on any atom is 0.0749 e. The summed E-state index contributed by atoms with van der Waals surface area (Å²) in [4.78, 5) is 0. The van der Waals surface area contributed by atoms with Crippen LogP contribution in [0.1, 0.15) is 53.4 Å². The Kier molecular flexibility index (Phi) is 8.88. The highest BCUT2D eigenvalue weighted by molar-refractivity contribution is 7.46. The zero-order chi connectivity index (χ0) is 14.1. The Morgan fingerprint density at radius 3 is 0.944 bits per heavy atom. The molecule has 0 saturated heterocycles. The quantitative estimate of drug-likeness (QED) is 0.404. The van der Waals surface area contributed by atoms with Crippen molar-refractivity contribution in [3.05, 3.63) is 24.6 Å². The first-order valence-electron chi connectivity index (χ1n) is 7.89. The van der Waals surface area contributed by atoms with Crippen molar-refractivity contribution in [2.24, 2.45) is 0 Å². The Balaban J connectivity index is 5.53.